The Balaban J connectivity index is 2.29. The number of hydrogen-bond acceptors (Lipinski definition) is 3. The zero-order valence-electron chi connectivity index (χ0n) is 15.7. The molecule has 1 aliphatic rings. The Morgan fingerprint density at radius 3 is 2.44 bits per heavy atom. The number of ether oxygens (including phenoxy) is 1. The van der Waals surface area contributed by atoms with Crippen LogP contribution in [0.2, 0.25) is 0 Å². The number of hydrogen-bond donors (Lipinski definition) is 0. The molecule has 27 heavy (non-hydrogen) atoms. The van der Waals surface area contributed by atoms with Crippen molar-refractivity contribution in [2.75, 3.05) is 4.90 Å². The van der Waals surface area contributed by atoms with Gasteiger partial charge in [0.2, 0.25) is 0 Å². The second kappa shape index (κ2) is 6.97. The molecule has 1 amide bonds. The van der Waals surface area contributed by atoms with E-state index in [0.717, 1.165) is 4.47 Å². The normalized spacial score (nSPS) is 19.0. The van der Waals surface area contributed by atoms with Crippen LogP contribution in [-0.4, -0.2) is 17.5 Å². The van der Waals surface area contributed by atoms with E-state index in [4.69, 9.17) is 4.74 Å². The van der Waals surface area contributed by atoms with Crippen molar-refractivity contribution in [1.29, 1.82) is 0 Å². The van der Waals surface area contributed by atoms with Crippen molar-refractivity contribution in [1.82, 2.24) is 0 Å². The molecule has 5 heteroatoms. The summed E-state index contributed by atoms with van der Waals surface area (Å²) in [6, 6.07) is 14.6. The Kier molecular flexibility index (Phi) is 5.00. The second-order valence-electron chi connectivity index (χ2n) is 7.49. The summed E-state index contributed by atoms with van der Waals surface area (Å²) in [6.07, 6.45) is 1.38. The molecule has 0 aromatic heterocycles. The summed E-state index contributed by atoms with van der Waals surface area (Å²) in [7, 11) is 0. The van der Waals surface area contributed by atoms with Gasteiger partial charge in [-0.05, 0) is 39.0 Å². The van der Waals surface area contributed by atoms with Crippen LogP contribution >= 0.6 is 15.9 Å². The fourth-order valence-corrected chi connectivity index (χ4v) is 4.11. The van der Waals surface area contributed by atoms with Crippen LogP contribution in [0.5, 0.6) is 0 Å². The first-order valence-corrected chi connectivity index (χ1v) is 9.54. The van der Waals surface area contributed by atoms with Gasteiger partial charge in [0, 0.05) is 22.0 Å². The van der Waals surface area contributed by atoms with Gasteiger partial charge in [-0.25, -0.2) is 4.79 Å². The van der Waals surface area contributed by atoms with E-state index >= 15 is 0 Å². The SMILES string of the molecule is C=CCC1(c2ccccc2Br)C(=O)c2ccccc2N1C(=O)OC(C)(C)C. The number of carbonyl (C=O) groups is 2. The topological polar surface area (TPSA) is 46.6 Å². The highest BCUT2D eigenvalue weighted by atomic mass is 79.9. The highest BCUT2D eigenvalue weighted by molar-refractivity contribution is 9.10. The van der Waals surface area contributed by atoms with E-state index in [0.29, 0.717) is 16.8 Å². The maximum Gasteiger partial charge on any atom is 0.416 e. The third-order valence-electron chi connectivity index (χ3n) is 4.48. The van der Waals surface area contributed by atoms with E-state index in [1.807, 2.05) is 51.1 Å². The lowest BCUT2D eigenvalue weighted by molar-refractivity contribution is 0.0523. The van der Waals surface area contributed by atoms with Gasteiger partial charge in [-0.15, -0.1) is 6.58 Å². The molecule has 0 N–H and O–H groups in total. The molecule has 0 radical (unpaired) electrons. The third-order valence-corrected chi connectivity index (χ3v) is 5.17. The third kappa shape index (κ3) is 3.21. The average molecular weight is 428 g/mol. The molecule has 1 aliphatic heterocycles. The van der Waals surface area contributed by atoms with E-state index < -0.39 is 17.2 Å². The molecule has 3 rings (SSSR count). The summed E-state index contributed by atoms with van der Waals surface area (Å²) < 4.78 is 6.43. The van der Waals surface area contributed by atoms with Crippen molar-refractivity contribution >= 4 is 33.5 Å². The molecule has 0 aliphatic carbocycles. The number of carbonyl (C=O) groups excluding carboxylic acids is 2. The minimum Gasteiger partial charge on any atom is -0.443 e. The predicted molar refractivity (Wildman–Crippen MR) is 110 cm³/mol. The molecule has 1 unspecified atom stereocenters. The number of halogens is 1. The molecule has 0 saturated heterocycles. The van der Waals surface area contributed by atoms with Crippen molar-refractivity contribution in [3.05, 3.63) is 76.8 Å². The number of para-hydroxylation sites is 1. The standard InChI is InChI=1S/C22H22BrNO3/c1-5-14-22(16-11-7-8-12-17(16)23)19(25)15-10-6-9-13-18(15)24(22)20(26)27-21(2,3)4/h5-13H,1,14H2,2-4H3. The summed E-state index contributed by atoms with van der Waals surface area (Å²) >= 11 is 3.56. The maximum absolute atomic E-state index is 13.6. The van der Waals surface area contributed by atoms with Gasteiger partial charge in [0.15, 0.2) is 5.78 Å². The van der Waals surface area contributed by atoms with Gasteiger partial charge in [-0.2, -0.15) is 0 Å². The van der Waals surface area contributed by atoms with Crippen molar-refractivity contribution in [2.45, 2.75) is 38.3 Å². The number of fused-ring (bicyclic) bond motifs is 1. The van der Waals surface area contributed by atoms with E-state index in [1.54, 1.807) is 24.3 Å². The monoisotopic (exact) mass is 427 g/mol. The maximum atomic E-state index is 13.6. The lowest BCUT2D eigenvalue weighted by Crippen LogP contribution is -2.52. The lowest BCUT2D eigenvalue weighted by Gasteiger charge is -2.38. The average Bonchev–Trinajstić information content (AvgIpc) is 2.84. The van der Waals surface area contributed by atoms with Gasteiger partial charge >= 0.3 is 6.09 Å². The molecule has 0 bridgehead atoms. The number of rotatable bonds is 3. The zero-order chi connectivity index (χ0) is 19.8. The molecular weight excluding hydrogens is 406 g/mol. The van der Waals surface area contributed by atoms with E-state index in [1.165, 1.54) is 4.90 Å². The largest absolute Gasteiger partial charge is 0.443 e. The first kappa shape index (κ1) is 19.4. The van der Waals surface area contributed by atoms with Crippen LogP contribution in [0.3, 0.4) is 0 Å². The number of ketones is 1. The van der Waals surface area contributed by atoms with Crippen molar-refractivity contribution in [3.8, 4) is 0 Å². The van der Waals surface area contributed by atoms with Crippen molar-refractivity contribution < 1.29 is 14.3 Å². The van der Waals surface area contributed by atoms with Crippen LogP contribution in [0, 0.1) is 0 Å². The minimum absolute atomic E-state index is 0.143. The van der Waals surface area contributed by atoms with Crippen LogP contribution < -0.4 is 4.90 Å². The van der Waals surface area contributed by atoms with Gasteiger partial charge in [-0.1, -0.05) is 52.3 Å². The van der Waals surface area contributed by atoms with Gasteiger partial charge in [0.1, 0.15) is 11.1 Å². The summed E-state index contributed by atoms with van der Waals surface area (Å²) in [5.41, 5.74) is -0.174. The molecule has 0 saturated carbocycles. The molecule has 2 aromatic carbocycles. The van der Waals surface area contributed by atoms with Gasteiger partial charge in [0.25, 0.3) is 0 Å². The van der Waals surface area contributed by atoms with Crippen LogP contribution in [0.25, 0.3) is 0 Å². The number of anilines is 1. The Labute approximate surface area is 168 Å². The molecule has 1 heterocycles. The van der Waals surface area contributed by atoms with E-state index in [2.05, 4.69) is 22.5 Å². The highest BCUT2D eigenvalue weighted by Crippen LogP contribution is 2.49. The number of Topliss-reactive ketones (excluding diaryl/α,β-unsaturated/α-hetero) is 1. The fourth-order valence-electron chi connectivity index (χ4n) is 3.49. The molecular formula is C22H22BrNO3. The lowest BCUT2D eigenvalue weighted by atomic mass is 9.82. The first-order chi connectivity index (χ1) is 12.7. The minimum atomic E-state index is -1.24. The van der Waals surface area contributed by atoms with Crippen LogP contribution in [-0.2, 0) is 10.3 Å². The van der Waals surface area contributed by atoms with Crippen molar-refractivity contribution in [3.63, 3.8) is 0 Å². The molecule has 0 spiro atoms. The molecule has 4 nitrogen and oxygen atoms in total. The summed E-state index contributed by atoms with van der Waals surface area (Å²) in [6.45, 7) is 9.27. The number of benzene rings is 2. The molecule has 2 aromatic rings. The van der Waals surface area contributed by atoms with E-state index in [9.17, 15) is 9.59 Å². The summed E-state index contributed by atoms with van der Waals surface area (Å²) in [5, 5.41) is 0. The Hall–Kier alpha value is -2.40. The van der Waals surface area contributed by atoms with Crippen LogP contribution in [0.4, 0.5) is 10.5 Å². The van der Waals surface area contributed by atoms with Crippen LogP contribution in [0.1, 0.15) is 43.1 Å². The number of amides is 1. The predicted octanol–water partition coefficient (Wildman–Crippen LogP) is 5.86. The zero-order valence-corrected chi connectivity index (χ0v) is 17.2. The van der Waals surface area contributed by atoms with Crippen molar-refractivity contribution in [2.24, 2.45) is 0 Å². The molecule has 140 valence electrons. The summed E-state index contributed by atoms with van der Waals surface area (Å²) in [5.74, 6) is -0.143. The molecule has 0 fully saturated rings. The Morgan fingerprint density at radius 2 is 1.81 bits per heavy atom. The Bertz CT molecular complexity index is 916. The summed E-state index contributed by atoms with van der Waals surface area (Å²) in [4.78, 5) is 28.4. The molecule has 1 atom stereocenters. The smallest absolute Gasteiger partial charge is 0.416 e. The highest BCUT2D eigenvalue weighted by Gasteiger charge is 2.56. The number of nitrogens with zero attached hydrogens (tertiary/aromatic N) is 1. The van der Waals surface area contributed by atoms with Gasteiger partial charge < -0.3 is 4.74 Å². The fraction of sp³-hybridized carbons (Fsp3) is 0.273. The second-order valence-corrected chi connectivity index (χ2v) is 8.35. The first-order valence-electron chi connectivity index (χ1n) is 8.75. The van der Waals surface area contributed by atoms with Gasteiger partial charge in [-0.3, -0.25) is 9.69 Å². The van der Waals surface area contributed by atoms with Gasteiger partial charge in [0.05, 0.1) is 5.69 Å². The Morgan fingerprint density at radius 1 is 1.19 bits per heavy atom. The van der Waals surface area contributed by atoms with E-state index in [-0.39, 0.29) is 12.2 Å². The quantitative estimate of drug-likeness (QED) is 0.576. The van der Waals surface area contributed by atoms with Crippen LogP contribution in [0.15, 0.2) is 65.7 Å².